The molecular weight excluding hydrogens is 312 g/mol. The highest BCUT2D eigenvalue weighted by molar-refractivity contribution is 5.71. The Morgan fingerprint density at radius 3 is 2.16 bits per heavy atom. The van der Waals surface area contributed by atoms with E-state index in [2.05, 4.69) is 29.0 Å². The minimum atomic E-state index is -0.201. The normalized spacial score (nSPS) is 11.2. The molecule has 142 valence electrons. The maximum Gasteiger partial charge on any atom is 0.313 e. The Hall–Kier alpha value is -1.58. The third kappa shape index (κ3) is 13.4. The molecule has 0 atom stereocenters. The lowest BCUT2D eigenvalue weighted by Gasteiger charge is -2.01. The van der Waals surface area contributed by atoms with Gasteiger partial charge in [0, 0.05) is 18.8 Å². The fraction of sp³-hybridized carbons (Fsp3) is 0.714. The highest BCUT2D eigenvalue weighted by Crippen LogP contribution is 2.10. The molecular formula is C21H36N2O2. The molecule has 4 nitrogen and oxygen atoms in total. The number of aromatic amines is 1. The number of carbonyl (C=O) groups excluding carboxylic acids is 1. The molecule has 1 heterocycles. The highest BCUT2D eigenvalue weighted by Gasteiger charge is 2.05. The number of nitrogens with zero attached hydrogens (tertiary/aromatic N) is 1. The van der Waals surface area contributed by atoms with Crippen LogP contribution < -0.4 is 4.74 Å². The first kappa shape index (κ1) is 21.5. The second-order valence-corrected chi connectivity index (χ2v) is 6.70. The average molecular weight is 349 g/mol. The summed E-state index contributed by atoms with van der Waals surface area (Å²) in [5.74, 6) is -0.201. The minimum Gasteiger partial charge on any atom is -0.392 e. The van der Waals surface area contributed by atoms with E-state index in [4.69, 9.17) is 4.74 Å². The van der Waals surface area contributed by atoms with Crippen LogP contribution in [0.3, 0.4) is 0 Å². The van der Waals surface area contributed by atoms with Crippen molar-refractivity contribution < 1.29 is 9.53 Å². The van der Waals surface area contributed by atoms with Gasteiger partial charge >= 0.3 is 12.0 Å². The molecule has 0 amide bonds. The standard InChI is InChI=1S/C21H36N2O2/c1-2-3-4-5-6-7-8-9-10-11-12-13-14-15-16-17-20(24)25-21-22-18-19-23-21/h9-10,18-19H,2-8,11-17H2,1H3,(H,22,23)/b10-9-. The van der Waals surface area contributed by atoms with E-state index in [-0.39, 0.29) is 12.0 Å². The van der Waals surface area contributed by atoms with E-state index >= 15 is 0 Å². The summed E-state index contributed by atoms with van der Waals surface area (Å²) in [5, 5.41) is 0. The van der Waals surface area contributed by atoms with Crippen LogP contribution in [0.25, 0.3) is 0 Å². The summed E-state index contributed by atoms with van der Waals surface area (Å²) in [6, 6.07) is 0.290. The number of rotatable bonds is 16. The van der Waals surface area contributed by atoms with Gasteiger partial charge in [-0.25, -0.2) is 4.98 Å². The summed E-state index contributed by atoms with van der Waals surface area (Å²) in [6.07, 6.45) is 24.7. The Morgan fingerprint density at radius 2 is 1.56 bits per heavy atom. The monoisotopic (exact) mass is 348 g/mol. The molecule has 0 saturated carbocycles. The zero-order valence-electron chi connectivity index (χ0n) is 16.0. The van der Waals surface area contributed by atoms with Crippen molar-refractivity contribution >= 4 is 5.97 Å². The Labute approximate surface area is 153 Å². The Balaban J connectivity index is 1.79. The van der Waals surface area contributed by atoms with Gasteiger partial charge in [0.25, 0.3) is 0 Å². The molecule has 0 aromatic carbocycles. The van der Waals surface area contributed by atoms with Gasteiger partial charge in [-0.2, -0.15) is 0 Å². The van der Waals surface area contributed by atoms with Crippen LogP contribution in [0.5, 0.6) is 6.01 Å². The molecule has 1 rings (SSSR count). The van der Waals surface area contributed by atoms with Crippen LogP contribution in [-0.4, -0.2) is 15.9 Å². The molecule has 1 aromatic heterocycles. The largest absolute Gasteiger partial charge is 0.392 e. The lowest BCUT2D eigenvalue weighted by molar-refractivity contribution is -0.135. The number of unbranched alkanes of at least 4 members (excludes halogenated alkanes) is 11. The van der Waals surface area contributed by atoms with Gasteiger partial charge in [-0.05, 0) is 32.1 Å². The number of hydrogen-bond acceptors (Lipinski definition) is 3. The Bertz CT molecular complexity index is 441. The number of allylic oxidation sites excluding steroid dienone is 2. The van der Waals surface area contributed by atoms with Gasteiger partial charge in [0.05, 0.1) is 0 Å². The lowest BCUT2D eigenvalue weighted by Crippen LogP contribution is -2.08. The molecule has 0 fully saturated rings. The number of ether oxygens (including phenoxy) is 1. The molecule has 0 aliphatic heterocycles. The molecule has 0 radical (unpaired) electrons. The summed E-state index contributed by atoms with van der Waals surface area (Å²) < 4.78 is 5.06. The van der Waals surface area contributed by atoms with Gasteiger partial charge in [0.2, 0.25) is 0 Å². The van der Waals surface area contributed by atoms with Crippen molar-refractivity contribution in [1.82, 2.24) is 9.97 Å². The zero-order chi connectivity index (χ0) is 18.0. The van der Waals surface area contributed by atoms with Gasteiger partial charge in [-0.15, -0.1) is 0 Å². The molecule has 0 aliphatic rings. The van der Waals surface area contributed by atoms with Crippen LogP contribution in [0.4, 0.5) is 0 Å². The predicted octanol–water partition coefficient (Wildman–Crippen LogP) is 6.35. The third-order valence-corrected chi connectivity index (χ3v) is 4.33. The fourth-order valence-corrected chi connectivity index (χ4v) is 2.81. The summed E-state index contributed by atoms with van der Waals surface area (Å²) >= 11 is 0. The smallest absolute Gasteiger partial charge is 0.313 e. The Morgan fingerprint density at radius 1 is 0.960 bits per heavy atom. The molecule has 4 heteroatoms. The highest BCUT2D eigenvalue weighted by atomic mass is 16.5. The first-order chi connectivity index (χ1) is 12.3. The van der Waals surface area contributed by atoms with Crippen molar-refractivity contribution in [3.63, 3.8) is 0 Å². The van der Waals surface area contributed by atoms with Crippen LogP contribution in [0, 0.1) is 0 Å². The minimum absolute atomic E-state index is 0.201. The quantitative estimate of drug-likeness (QED) is 0.215. The molecule has 0 unspecified atom stereocenters. The van der Waals surface area contributed by atoms with Gasteiger partial charge in [-0.3, -0.25) is 4.79 Å². The predicted molar refractivity (Wildman–Crippen MR) is 104 cm³/mol. The maximum absolute atomic E-state index is 11.6. The number of nitrogens with one attached hydrogen (secondary N) is 1. The fourth-order valence-electron chi connectivity index (χ4n) is 2.81. The van der Waals surface area contributed by atoms with E-state index in [0.717, 1.165) is 12.8 Å². The molecule has 1 N–H and O–H groups in total. The number of carbonyl (C=O) groups is 1. The first-order valence-corrected chi connectivity index (χ1v) is 10.2. The number of imidazole rings is 1. The van der Waals surface area contributed by atoms with Crippen molar-refractivity contribution in [3.05, 3.63) is 24.5 Å². The van der Waals surface area contributed by atoms with Gasteiger partial charge in [-0.1, -0.05) is 70.4 Å². The number of H-pyrrole nitrogens is 1. The van der Waals surface area contributed by atoms with Crippen molar-refractivity contribution in [3.8, 4) is 6.01 Å². The third-order valence-electron chi connectivity index (χ3n) is 4.33. The number of hydrogen-bond donors (Lipinski definition) is 1. The number of esters is 1. The van der Waals surface area contributed by atoms with E-state index in [1.807, 2.05) is 0 Å². The summed E-state index contributed by atoms with van der Waals surface area (Å²) in [4.78, 5) is 18.2. The molecule has 1 aromatic rings. The van der Waals surface area contributed by atoms with Gasteiger partial charge < -0.3 is 9.72 Å². The van der Waals surface area contributed by atoms with E-state index in [1.54, 1.807) is 12.4 Å². The average Bonchev–Trinajstić information content (AvgIpc) is 3.11. The molecule has 0 saturated heterocycles. The van der Waals surface area contributed by atoms with Crippen LogP contribution in [0.2, 0.25) is 0 Å². The summed E-state index contributed by atoms with van der Waals surface area (Å²) in [7, 11) is 0. The van der Waals surface area contributed by atoms with Crippen LogP contribution in [0.15, 0.2) is 24.5 Å². The first-order valence-electron chi connectivity index (χ1n) is 10.2. The van der Waals surface area contributed by atoms with Crippen LogP contribution in [-0.2, 0) is 4.79 Å². The second-order valence-electron chi connectivity index (χ2n) is 6.70. The van der Waals surface area contributed by atoms with Crippen molar-refractivity contribution in [2.24, 2.45) is 0 Å². The lowest BCUT2D eigenvalue weighted by atomic mass is 10.1. The molecule has 25 heavy (non-hydrogen) atoms. The van der Waals surface area contributed by atoms with E-state index in [1.165, 1.54) is 70.6 Å². The van der Waals surface area contributed by atoms with Crippen LogP contribution >= 0.6 is 0 Å². The zero-order valence-corrected chi connectivity index (χ0v) is 16.0. The second kappa shape index (κ2) is 15.9. The van der Waals surface area contributed by atoms with Crippen molar-refractivity contribution in [1.29, 1.82) is 0 Å². The van der Waals surface area contributed by atoms with Gasteiger partial charge in [0.15, 0.2) is 0 Å². The van der Waals surface area contributed by atoms with E-state index in [9.17, 15) is 4.79 Å². The maximum atomic E-state index is 11.6. The van der Waals surface area contributed by atoms with Crippen LogP contribution in [0.1, 0.15) is 96.8 Å². The SMILES string of the molecule is CCCCCCCC/C=C\CCCCCCCC(=O)Oc1ncc[nH]1. The van der Waals surface area contributed by atoms with Crippen molar-refractivity contribution in [2.45, 2.75) is 96.8 Å². The summed E-state index contributed by atoms with van der Waals surface area (Å²) in [5.41, 5.74) is 0. The molecule has 0 spiro atoms. The van der Waals surface area contributed by atoms with Gasteiger partial charge in [0.1, 0.15) is 0 Å². The topological polar surface area (TPSA) is 55.0 Å². The Kier molecular flexibility index (Phi) is 13.7. The molecule has 0 bridgehead atoms. The molecule has 0 aliphatic carbocycles. The number of aromatic nitrogens is 2. The summed E-state index contributed by atoms with van der Waals surface area (Å²) in [6.45, 7) is 2.26. The van der Waals surface area contributed by atoms with E-state index < -0.39 is 0 Å². The van der Waals surface area contributed by atoms with Crippen molar-refractivity contribution in [2.75, 3.05) is 0 Å². The van der Waals surface area contributed by atoms with E-state index in [0.29, 0.717) is 6.42 Å².